The van der Waals surface area contributed by atoms with Crippen LogP contribution in [0.2, 0.25) is 0 Å². The fourth-order valence-corrected chi connectivity index (χ4v) is 4.03. The summed E-state index contributed by atoms with van der Waals surface area (Å²) in [6.45, 7) is 2.44. The molecule has 1 aromatic heterocycles. The highest BCUT2D eigenvalue weighted by molar-refractivity contribution is 5.92. The standard InChI is InChI=1S/C32H37N3O6/c1-38-18-19-39-23-41-30-14-12-29(13-15-30)40-22-28(36)21-33-17-16-24-6-9-26(10-7-24)35-32(37)20-27-11-8-25-4-2-3-5-31(25)34-27/h2-15,28,33,36H,16-23H2,1H3,(H,35,37)/t28-/m0/s1. The predicted molar refractivity (Wildman–Crippen MR) is 158 cm³/mol. The van der Waals surface area contributed by atoms with Gasteiger partial charge in [0.2, 0.25) is 5.91 Å². The van der Waals surface area contributed by atoms with Crippen molar-refractivity contribution in [2.45, 2.75) is 18.9 Å². The van der Waals surface area contributed by atoms with Gasteiger partial charge < -0.3 is 34.7 Å². The van der Waals surface area contributed by atoms with Crippen molar-refractivity contribution in [3.63, 3.8) is 0 Å². The maximum atomic E-state index is 12.5. The van der Waals surface area contributed by atoms with Gasteiger partial charge in [0.05, 0.1) is 30.8 Å². The van der Waals surface area contributed by atoms with Crippen LogP contribution in [0, 0.1) is 0 Å². The van der Waals surface area contributed by atoms with Crippen LogP contribution < -0.4 is 20.1 Å². The number of rotatable bonds is 17. The summed E-state index contributed by atoms with van der Waals surface area (Å²) in [5, 5.41) is 17.5. The highest BCUT2D eigenvalue weighted by Gasteiger charge is 2.08. The summed E-state index contributed by atoms with van der Waals surface area (Å²) in [6, 6.07) is 26.7. The first kappa shape index (κ1) is 30.0. The molecule has 9 heteroatoms. The topological polar surface area (TPSA) is 111 Å². The van der Waals surface area contributed by atoms with Gasteiger partial charge in [-0.25, -0.2) is 0 Å². The third-order valence-corrected chi connectivity index (χ3v) is 6.21. The average Bonchev–Trinajstić information content (AvgIpc) is 2.99. The monoisotopic (exact) mass is 559 g/mol. The summed E-state index contributed by atoms with van der Waals surface area (Å²) in [5.41, 5.74) is 3.49. The number of pyridine rings is 1. The van der Waals surface area contributed by atoms with E-state index >= 15 is 0 Å². The van der Waals surface area contributed by atoms with Gasteiger partial charge in [-0.1, -0.05) is 36.4 Å². The minimum Gasteiger partial charge on any atom is -0.491 e. The summed E-state index contributed by atoms with van der Waals surface area (Å²) in [5.74, 6) is 1.22. The molecule has 0 aliphatic carbocycles. The molecule has 0 spiro atoms. The SMILES string of the molecule is COCCOCOc1ccc(OC[C@@H](O)CNCCc2ccc(NC(=O)Cc3ccc4ccccc4n3)cc2)cc1. The Morgan fingerprint density at radius 3 is 2.44 bits per heavy atom. The van der Waals surface area contributed by atoms with E-state index in [1.807, 2.05) is 60.7 Å². The number of anilines is 1. The van der Waals surface area contributed by atoms with Crippen LogP contribution in [0.5, 0.6) is 11.5 Å². The number of carbonyl (C=O) groups excluding carboxylic acids is 1. The Morgan fingerprint density at radius 2 is 1.66 bits per heavy atom. The molecule has 1 heterocycles. The van der Waals surface area contributed by atoms with Crippen LogP contribution in [-0.2, 0) is 27.1 Å². The molecule has 1 amide bonds. The van der Waals surface area contributed by atoms with Crippen LogP contribution in [0.4, 0.5) is 5.69 Å². The van der Waals surface area contributed by atoms with Crippen molar-refractivity contribution >= 4 is 22.5 Å². The van der Waals surface area contributed by atoms with Crippen LogP contribution in [0.25, 0.3) is 10.9 Å². The third kappa shape index (κ3) is 10.5. The Bertz CT molecular complexity index is 1350. The number of aliphatic hydroxyl groups excluding tert-OH is 1. The highest BCUT2D eigenvalue weighted by atomic mass is 16.7. The summed E-state index contributed by atoms with van der Waals surface area (Å²) < 4.78 is 21.3. The van der Waals surface area contributed by atoms with Crippen LogP contribution in [0.3, 0.4) is 0 Å². The maximum Gasteiger partial charge on any atom is 0.230 e. The number of methoxy groups -OCH3 is 1. The molecule has 3 N–H and O–H groups in total. The lowest BCUT2D eigenvalue weighted by atomic mass is 10.1. The van der Waals surface area contributed by atoms with Gasteiger partial charge in [0, 0.05) is 24.7 Å². The number of aromatic nitrogens is 1. The zero-order valence-corrected chi connectivity index (χ0v) is 23.3. The molecule has 0 saturated carbocycles. The number of amides is 1. The third-order valence-electron chi connectivity index (χ3n) is 6.21. The van der Waals surface area contributed by atoms with Crippen LogP contribution in [0.1, 0.15) is 11.3 Å². The maximum absolute atomic E-state index is 12.5. The van der Waals surface area contributed by atoms with E-state index < -0.39 is 6.10 Å². The molecule has 9 nitrogen and oxygen atoms in total. The Kier molecular flexibility index (Phi) is 11.9. The normalized spacial score (nSPS) is 11.8. The van der Waals surface area contributed by atoms with Gasteiger partial charge in [-0.3, -0.25) is 9.78 Å². The molecule has 216 valence electrons. The minimum atomic E-state index is -0.644. The van der Waals surface area contributed by atoms with Crippen molar-refractivity contribution in [2.24, 2.45) is 0 Å². The van der Waals surface area contributed by atoms with Gasteiger partial charge in [0.25, 0.3) is 0 Å². The van der Waals surface area contributed by atoms with Crippen LogP contribution in [-0.4, -0.2) is 68.9 Å². The molecule has 4 rings (SSSR count). The summed E-state index contributed by atoms with van der Waals surface area (Å²) in [7, 11) is 1.62. The Balaban J connectivity index is 1.09. The van der Waals surface area contributed by atoms with Crippen molar-refractivity contribution in [1.29, 1.82) is 0 Å². The van der Waals surface area contributed by atoms with Gasteiger partial charge in [-0.2, -0.15) is 0 Å². The first-order valence-corrected chi connectivity index (χ1v) is 13.6. The van der Waals surface area contributed by atoms with E-state index in [4.69, 9.17) is 18.9 Å². The first-order chi connectivity index (χ1) is 20.1. The summed E-state index contributed by atoms with van der Waals surface area (Å²) in [4.78, 5) is 17.1. The molecule has 0 aliphatic rings. The number of hydrogen-bond donors (Lipinski definition) is 3. The zero-order chi connectivity index (χ0) is 28.7. The largest absolute Gasteiger partial charge is 0.491 e. The number of aliphatic hydroxyl groups is 1. The van der Waals surface area contributed by atoms with Crippen molar-refractivity contribution in [1.82, 2.24) is 10.3 Å². The molecule has 4 aromatic rings. The van der Waals surface area contributed by atoms with Gasteiger partial charge in [-0.05, 0) is 67.1 Å². The van der Waals surface area contributed by atoms with E-state index in [1.165, 1.54) is 0 Å². The van der Waals surface area contributed by atoms with E-state index in [2.05, 4.69) is 15.6 Å². The van der Waals surface area contributed by atoms with Crippen molar-refractivity contribution in [2.75, 3.05) is 52.1 Å². The number of nitrogens with one attached hydrogen (secondary N) is 2. The lowest BCUT2D eigenvalue weighted by Crippen LogP contribution is -2.32. The molecular formula is C32H37N3O6. The fourth-order valence-electron chi connectivity index (χ4n) is 4.03. The number of nitrogens with zero attached hydrogens (tertiary/aromatic N) is 1. The second-order valence-corrected chi connectivity index (χ2v) is 9.47. The minimum absolute atomic E-state index is 0.106. The number of hydrogen-bond acceptors (Lipinski definition) is 8. The van der Waals surface area contributed by atoms with Crippen molar-refractivity contribution < 1.29 is 28.8 Å². The molecule has 1 atom stereocenters. The average molecular weight is 560 g/mol. The number of para-hydroxylation sites is 1. The molecule has 0 saturated heterocycles. The van der Waals surface area contributed by atoms with E-state index in [0.717, 1.165) is 34.3 Å². The Labute approximate surface area is 240 Å². The van der Waals surface area contributed by atoms with Gasteiger partial charge >= 0.3 is 0 Å². The van der Waals surface area contributed by atoms with E-state index in [0.29, 0.717) is 37.8 Å². The second kappa shape index (κ2) is 16.3. The molecule has 3 aromatic carbocycles. The Morgan fingerprint density at radius 1 is 0.902 bits per heavy atom. The lowest BCUT2D eigenvalue weighted by Gasteiger charge is -2.14. The number of benzene rings is 3. The van der Waals surface area contributed by atoms with E-state index in [1.54, 1.807) is 31.4 Å². The molecule has 0 unspecified atom stereocenters. The summed E-state index contributed by atoms with van der Waals surface area (Å²) in [6.07, 6.45) is 0.363. The van der Waals surface area contributed by atoms with Gasteiger partial charge in [0.15, 0.2) is 6.79 Å². The number of ether oxygens (including phenoxy) is 4. The van der Waals surface area contributed by atoms with Crippen LogP contribution in [0.15, 0.2) is 84.9 Å². The smallest absolute Gasteiger partial charge is 0.230 e. The predicted octanol–water partition coefficient (Wildman–Crippen LogP) is 3.99. The van der Waals surface area contributed by atoms with Crippen molar-refractivity contribution in [3.8, 4) is 11.5 Å². The van der Waals surface area contributed by atoms with E-state index in [-0.39, 0.29) is 25.7 Å². The number of carbonyl (C=O) groups is 1. The van der Waals surface area contributed by atoms with Crippen molar-refractivity contribution in [3.05, 3.63) is 96.2 Å². The highest BCUT2D eigenvalue weighted by Crippen LogP contribution is 2.18. The quantitative estimate of drug-likeness (QED) is 0.132. The Hall–Kier alpha value is -4.02. The zero-order valence-electron chi connectivity index (χ0n) is 23.3. The fraction of sp³-hybridized carbons (Fsp3) is 0.312. The number of fused-ring (bicyclic) bond motifs is 1. The van der Waals surface area contributed by atoms with Gasteiger partial charge in [0.1, 0.15) is 24.2 Å². The molecular weight excluding hydrogens is 522 g/mol. The molecule has 41 heavy (non-hydrogen) atoms. The molecule has 0 fully saturated rings. The molecule has 0 bridgehead atoms. The molecule has 0 aliphatic heterocycles. The lowest BCUT2D eigenvalue weighted by molar-refractivity contribution is -0.115. The summed E-state index contributed by atoms with van der Waals surface area (Å²) >= 11 is 0. The van der Waals surface area contributed by atoms with E-state index in [9.17, 15) is 9.90 Å². The second-order valence-electron chi connectivity index (χ2n) is 9.47. The first-order valence-electron chi connectivity index (χ1n) is 13.6. The van der Waals surface area contributed by atoms with Gasteiger partial charge in [-0.15, -0.1) is 0 Å². The molecule has 0 radical (unpaired) electrons. The van der Waals surface area contributed by atoms with Crippen LogP contribution >= 0.6 is 0 Å².